The normalized spacial score (nSPS) is 14.9. The summed E-state index contributed by atoms with van der Waals surface area (Å²) in [6.07, 6.45) is 4.32. The topological polar surface area (TPSA) is 167 Å². The van der Waals surface area contributed by atoms with E-state index in [1.165, 1.54) is 0 Å². The Balaban J connectivity index is 0.000000184. The van der Waals surface area contributed by atoms with Gasteiger partial charge in [0.15, 0.2) is 24.5 Å². The van der Waals surface area contributed by atoms with E-state index in [0.29, 0.717) is 40.1 Å². The van der Waals surface area contributed by atoms with E-state index in [1.54, 1.807) is 12.4 Å². The number of carbonyl (C=O) groups is 2. The Bertz CT molecular complexity index is 2460. The second-order valence-corrected chi connectivity index (χ2v) is 15.6. The zero-order chi connectivity index (χ0) is 42.9. The summed E-state index contributed by atoms with van der Waals surface area (Å²) in [7, 11) is 4.26. The molecule has 6 aromatic rings. The number of anilines is 4. The summed E-state index contributed by atoms with van der Waals surface area (Å²) < 4.78 is 11.1. The Morgan fingerprint density at radius 1 is 0.557 bits per heavy atom. The van der Waals surface area contributed by atoms with Gasteiger partial charge in [0, 0.05) is 56.6 Å². The number of fused-ring (bicyclic) bond motifs is 2. The van der Waals surface area contributed by atoms with Gasteiger partial charge in [-0.15, -0.1) is 0 Å². The number of ether oxygens (including phenoxy) is 2. The third kappa shape index (κ3) is 11.6. The van der Waals surface area contributed by atoms with Gasteiger partial charge in [-0.1, -0.05) is 35.4 Å². The van der Waals surface area contributed by atoms with Crippen molar-refractivity contribution < 1.29 is 19.1 Å². The van der Waals surface area contributed by atoms with Crippen molar-refractivity contribution in [1.82, 2.24) is 39.7 Å². The molecule has 2 saturated heterocycles. The van der Waals surface area contributed by atoms with Gasteiger partial charge in [0.2, 0.25) is 11.9 Å². The minimum atomic E-state index is -0.246. The average molecular weight is 827 g/mol. The van der Waals surface area contributed by atoms with Gasteiger partial charge in [0.05, 0.1) is 35.2 Å². The van der Waals surface area contributed by atoms with E-state index >= 15 is 0 Å². The van der Waals surface area contributed by atoms with Crippen LogP contribution in [0.25, 0.3) is 22.1 Å². The second-order valence-electron chi connectivity index (χ2n) is 15.6. The molecule has 61 heavy (non-hydrogen) atoms. The summed E-state index contributed by atoms with van der Waals surface area (Å²) in [5, 5.41) is 7.31. The van der Waals surface area contributed by atoms with Crippen molar-refractivity contribution in [3.8, 4) is 11.5 Å². The molecule has 0 saturated carbocycles. The predicted molar refractivity (Wildman–Crippen MR) is 239 cm³/mol. The molecule has 0 aliphatic carbocycles. The first-order valence-electron chi connectivity index (χ1n) is 20.6. The molecule has 2 N–H and O–H groups in total. The van der Waals surface area contributed by atoms with Gasteiger partial charge in [-0.2, -0.15) is 9.97 Å². The van der Waals surface area contributed by atoms with Crippen molar-refractivity contribution in [2.75, 3.05) is 100 Å². The minimum absolute atomic E-state index is 0.0705. The average Bonchev–Trinajstić information content (AvgIpc) is 3.48. The van der Waals surface area contributed by atoms with Crippen molar-refractivity contribution in [2.45, 2.75) is 34.1 Å². The van der Waals surface area contributed by atoms with Gasteiger partial charge < -0.3 is 39.7 Å². The molecule has 2 amide bonds. The molecule has 0 unspecified atom stereocenters. The van der Waals surface area contributed by atoms with Crippen molar-refractivity contribution in [3.05, 3.63) is 95.6 Å². The number of likely N-dealkylation sites (N-methyl/N-ethyl adjacent to an activating group) is 2. The fourth-order valence-electron chi connectivity index (χ4n) is 6.92. The summed E-state index contributed by atoms with van der Waals surface area (Å²) in [5.74, 6) is 2.26. The number of aryl methyl sites for hydroxylation is 4. The molecule has 4 aromatic heterocycles. The Kier molecular flexibility index (Phi) is 13.8. The predicted octanol–water partition coefficient (Wildman–Crippen LogP) is 5.21. The number of carbonyl (C=O) groups excluding carboxylic acids is 2. The highest BCUT2D eigenvalue weighted by molar-refractivity contribution is 5.95. The van der Waals surface area contributed by atoms with Crippen molar-refractivity contribution in [1.29, 1.82) is 0 Å². The highest BCUT2D eigenvalue weighted by Crippen LogP contribution is 2.24. The van der Waals surface area contributed by atoms with Crippen molar-refractivity contribution >= 4 is 57.2 Å². The number of aromatic nitrogens is 6. The quantitative estimate of drug-likeness (QED) is 0.185. The molecule has 6 heterocycles. The molecule has 0 radical (unpaired) electrons. The Hall–Kier alpha value is -6.52. The van der Waals surface area contributed by atoms with Gasteiger partial charge in [-0.25, -0.2) is 19.9 Å². The van der Waals surface area contributed by atoms with Crippen molar-refractivity contribution in [3.63, 3.8) is 0 Å². The number of benzene rings is 2. The highest BCUT2D eigenvalue weighted by Gasteiger charge is 2.20. The first kappa shape index (κ1) is 42.6. The first-order chi connectivity index (χ1) is 29.4. The van der Waals surface area contributed by atoms with Gasteiger partial charge in [-0.05, 0) is 91.2 Å². The molecular formula is C45H54N12O4. The first-order valence-corrected chi connectivity index (χ1v) is 20.6. The number of nitrogens with one attached hydrogen (secondary N) is 2. The number of rotatable bonds is 10. The zero-order valence-electron chi connectivity index (χ0n) is 35.8. The van der Waals surface area contributed by atoms with Crippen LogP contribution < -0.4 is 29.9 Å². The maximum atomic E-state index is 12.3. The van der Waals surface area contributed by atoms with Crippen LogP contribution in [0.3, 0.4) is 0 Å². The lowest BCUT2D eigenvalue weighted by atomic mass is 10.2. The third-order valence-corrected chi connectivity index (χ3v) is 10.6. The minimum Gasteiger partial charge on any atom is -0.484 e. The van der Waals surface area contributed by atoms with Crippen LogP contribution in [0.4, 0.5) is 23.3 Å². The molecule has 0 bridgehead atoms. The molecular weight excluding hydrogens is 773 g/mol. The lowest BCUT2D eigenvalue weighted by molar-refractivity contribution is -0.118. The van der Waals surface area contributed by atoms with Crippen LogP contribution in [0.1, 0.15) is 28.9 Å². The maximum Gasteiger partial charge on any atom is 0.262 e. The second kappa shape index (κ2) is 19.7. The summed E-state index contributed by atoms with van der Waals surface area (Å²) >= 11 is 0. The lowest BCUT2D eigenvalue weighted by Crippen LogP contribution is -2.45. The Labute approximate surface area is 356 Å². The summed E-state index contributed by atoms with van der Waals surface area (Å²) in [6.45, 7) is 15.4. The maximum absolute atomic E-state index is 12.3. The third-order valence-electron chi connectivity index (χ3n) is 10.6. The molecule has 16 nitrogen and oxygen atoms in total. The van der Waals surface area contributed by atoms with Crippen LogP contribution in [-0.2, 0) is 9.59 Å². The molecule has 2 aromatic carbocycles. The van der Waals surface area contributed by atoms with Crippen LogP contribution in [0.2, 0.25) is 0 Å². The molecule has 8 rings (SSSR count). The van der Waals surface area contributed by atoms with E-state index in [2.05, 4.69) is 69.2 Å². The molecule has 2 aliphatic rings. The van der Waals surface area contributed by atoms with E-state index in [0.717, 1.165) is 98.0 Å². The lowest BCUT2D eigenvalue weighted by Gasteiger charge is -2.32. The Morgan fingerprint density at radius 2 is 0.967 bits per heavy atom. The number of hydrogen-bond acceptors (Lipinski definition) is 14. The smallest absolute Gasteiger partial charge is 0.262 e. The van der Waals surface area contributed by atoms with Gasteiger partial charge in [0.25, 0.3) is 11.8 Å². The standard InChI is InChI=1S/C23H28N6O2.C22H26N6O2/c1-16-5-7-19(8-6-16)31-15-21(30)26-18-13-20-17(2)25-23(27-22(20)24-14-18)29-10-4-9-28(3)11-12-29;1-15-4-6-18(7-5-15)30-14-20(29)25-17-12-19-16(2)24-22(26-21(19)23-13-17)28-10-8-27(3)9-11-28/h5-8,13-14H,4,9-12,15H2,1-3H3,(H,26,30);4-7,12-13H,8-11,14H2,1-3H3,(H,25,29). The molecule has 0 spiro atoms. The number of hydrogen-bond donors (Lipinski definition) is 2. The molecule has 2 aliphatic heterocycles. The van der Waals surface area contributed by atoms with Gasteiger partial charge in [-0.3, -0.25) is 9.59 Å². The van der Waals surface area contributed by atoms with E-state index in [9.17, 15) is 9.59 Å². The van der Waals surface area contributed by atoms with Crippen LogP contribution >= 0.6 is 0 Å². The fourth-order valence-corrected chi connectivity index (χ4v) is 6.92. The molecule has 0 atom stereocenters. The molecule has 16 heteroatoms. The van der Waals surface area contributed by atoms with E-state index in [1.807, 2.05) is 88.4 Å². The van der Waals surface area contributed by atoms with Crippen LogP contribution in [0, 0.1) is 27.7 Å². The zero-order valence-corrected chi connectivity index (χ0v) is 35.8. The molecule has 2 fully saturated rings. The van der Waals surface area contributed by atoms with E-state index in [-0.39, 0.29) is 25.0 Å². The summed E-state index contributed by atoms with van der Waals surface area (Å²) in [4.78, 5) is 61.2. The van der Waals surface area contributed by atoms with Gasteiger partial charge >= 0.3 is 0 Å². The number of nitrogens with zero attached hydrogens (tertiary/aromatic N) is 10. The number of amides is 2. The monoisotopic (exact) mass is 826 g/mol. The summed E-state index contributed by atoms with van der Waals surface area (Å²) in [6, 6.07) is 18.9. The molecule has 318 valence electrons. The fraction of sp³-hybridized carbons (Fsp3) is 0.378. The van der Waals surface area contributed by atoms with Gasteiger partial charge in [0.1, 0.15) is 11.5 Å². The van der Waals surface area contributed by atoms with E-state index in [4.69, 9.17) is 14.5 Å². The SMILES string of the molecule is Cc1ccc(OCC(=O)Nc2cnc3nc(N4CCCN(C)CC4)nc(C)c3c2)cc1.Cc1ccc(OCC(=O)Nc2cnc3nc(N4CCN(C)CC4)nc(C)c3c2)cc1. The summed E-state index contributed by atoms with van der Waals surface area (Å²) in [5.41, 5.74) is 6.43. The van der Waals surface area contributed by atoms with E-state index < -0.39 is 0 Å². The Morgan fingerprint density at radius 3 is 1.41 bits per heavy atom. The largest absolute Gasteiger partial charge is 0.484 e. The van der Waals surface area contributed by atoms with Crippen LogP contribution in [0.15, 0.2) is 73.1 Å². The number of piperazine rings is 1. The number of pyridine rings is 2. The van der Waals surface area contributed by atoms with Crippen LogP contribution in [-0.4, -0.2) is 131 Å². The highest BCUT2D eigenvalue weighted by atomic mass is 16.5. The van der Waals surface area contributed by atoms with Crippen molar-refractivity contribution in [2.24, 2.45) is 0 Å². The van der Waals surface area contributed by atoms with Crippen LogP contribution in [0.5, 0.6) is 11.5 Å².